The number of para-hydroxylation sites is 1. The molecule has 0 amide bonds. The summed E-state index contributed by atoms with van der Waals surface area (Å²) in [4.78, 5) is 15.5. The zero-order chi connectivity index (χ0) is 18.3. The SMILES string of the molecule is CCOC(=O)Cc1csc(NN=Cc2ccccc2OC(F)(F)F)n1. The molecule has 0 saturated heterocycles. The van der Waals surface area contributed by atoms with Gasteiger partial charge in [0.1, 0.15) is 5.75 Å². The molecule has 0 bridgehead atoms. The summed E-state index contributed by atoms with van der Waals surface area (Å²) in [7, 11) is 0. The van der Waals surface area contributed by atoms with E-state index in [4.69, 9.17) is 4.74 Å². The number of halogens is 3. The zero-order valence-corrected chi connectivity index (χ0v) is 13.9. The predicted octanol–water partition coefficient (Wildman–Crippen LogP) is 3.59. The van der Waals surface area contributed by atoms with E-state index < -0.39 is 6.36 Å². The summed E-state index contributed by atoms with van der Waals surface area (Å²) in [5.74, 6) is -0.747. The number of thiazole rings is 1. The lowest BCUT2D eigenvalue weighted by molar-refractivity contribution is -0.274. The van der Waals surface area contributed by atoms with Crippen molar-refractivity contribution in [3.05, 3.63) is 40.9 Å². The van der Waals surface area contributed by atoms with Crippen LogP contribution < -0.4 is 10.2 Å². The molecule has 2 aromatic rings. The maximum absolute atomic E-state index is 12.3. The molecule has 1 aromatic heterocycles. The molecule has 0 aliphatic carbocycles. The molecule has 6 nitrogen and oxygen atoms in total. The Morgan fingerprint density at radius 1 is 1.40 bits per heavy atom. The minimum Gasteiger partial charge on any atom is -0.466 e. The Labute approximate surface area is 145 Å². The molecular weight excluding hydrogens is 359 g/mol. The summed E-state index contributed by atoms with van der Waals surface area (Å²) in [5, 5.41) is 5.90. The smallest absolute Gasteiger partial charge is 0.466 e. The molecule has 25 heavy (non-hydrogen) atoms. The first-order chi connectivity index (χ1) is 11.9. The van der Waals surface area contributed by atoms with E-state index in [1.54, 1.807) is 18.4 Å². The number of anilines is 1. The van der Waals surface area contributed by atoms with Gasteiger partial charge in [0.2, 0.25) is 5.13 Å². The van der Waals surface area contributed by atoms with Crippen LogP contribution in [0.4, 0.5) is 18.3 Å². The third-order valence-electron chi connectivity index (χ3n) is 2.69. The first kappa shape index (κ1) is 18.7. The topological polar surface area (TPSA) is 72.8 Å². The van der Waals surface area contributed by atoms with E-state index in [-0.39, 0.29) is 30.3 Å². The Hall–Kier alpha value is -2.62. The molecule has 10 heteroatoms. The van der Waals surface area contributed by atoms with E-state index in [2.05, 4.69) is 20.2 Å². The van der Waals surface area contributed by atoms with Gasteiger partial charge < -0.3 is 9.47 Å². The minimum atomic E-state index is -4.78. The first-order valence-corrected chi connectivity index (χ1v) is 7.99. The van der Waals surface area contributed by atoms with Gasteiger partial charge in [-0.05, 0) is 19.1 Å². The number of esters is 1. The molecule has 1 aromatic carbocycles. The van der Waals surface area contributed by atoms with Gasteiger partial charge in [0, 0.05) is 10.9 Å². The Balaban J connectivity index is 1.98. The van der Waals surface area contributed by atoms with Crippen LogP contribution >= 0.6 is 11.3 Å². The number of carbonyl (C=O) groups excluding carboxylic acids is 1. The van der Waals surface area contributed by atoms with E-state index in [0.717, 1.165) is 0 Å². The highest BCUT2D eigenvalue weighted by Gasteiger charge is 2.31. The number of nitrogens with zero attached hydrogens (tertiary/aromatic N) is 2. The molecule has 0 radical (unpaired) electrons. The fraction of sp³-hybridized carbons (Fsp3) is 0.267. The standard InChI is InChI=1S/C15H14F3N3O3S/c1-2-23-13(22)7-11-9-25-14(20-11)21-19-8-10-5-3-4-6-12(10)24-15(16,17)18/h3-6,8-9H,2,7H2,1H3,(H,20,21). The van der Waals surface area contributed by atoms with E-state index in [1.165, 1.54) is 35.8 Å². The quantitative estimate of drug-likeness (QED) is 0.456. The molecule has 0 unspecified atom stereocenters. The summed E-state index contributed by atoms with van der Waals surface area (Å²) < 4.78 is 45.8. The Morgan fingerprint density at radius 2 is 2.16 bits per heavy atom. The second-order valence-electron chi connectivity index (χ2n) is 4.58. The van der Waals surface area contributed by atoms with Gasteiger partial charge in [-0.3, -0.25) is 10.2 Å². The number of aromatic nitrogens is 1. The number of hydrazone groups is 1. The van der Waals surface area contributed by atoms with Crippen LogP contribution in [0.3, 0.4) is 0 Å². The molecule has 1 heterocycles. The van der Waals surface area contributed by atoms with Crippen LogP contribution in [0.1, 0.15) is 18.2 Å². The van der Waals surface area contributed by atoms with Crippen molar-refractivity contribution < 1.29 is 27.4 Å². The number of benzene rings is 1. The van der Waals surface area contributed by atoms with Gasteiger partial charge in [0.05, 0.1) is 24.9 Å². The lowest BCUT2D eigenvalue weighted by Gasteiger charge is -2.10. The summed E-state index contributed by atoms with van der Waals surface area (Å²) in [6.07, 6.45) is -3.56. The third kappa shape index (κ3) is 6.42. The molecule has 0 aliphatic heterocycles. The summed E-state index contributed by atoms with van der Waals surface area (Å²) >= 11 is 1.20. The summed E-state index contributed by atoms with van der Waals surface area (Å²) in [5.41, 5.74) is 3.26. The molecule has 134 valence electrons. The number of nitrogens with one attached hydrogen (secondary N) is 1. The van der Waals surface area contributed by atoms with Gasteiger partial charge in [0.15, 0.2) is 0 Å². The van der Waals surface area contributed by atoms with Crippen molar-refractivity contribution >= 4 is 28.7 Å². The van der Waals surface area contributed by atoms with Crippen molar-refractivity contribution in [3.63, 3.8) is 0 Å². The van der Waals surface area contributed by atoms with Crippen LogP contribution in [0.2, 0.25) is 0 Å². The number of carbonyl (C=O) groups is 1. The van der Waals surface area contributed by atoms with Crippen molar-refractivity contribution in [1.82, 2.24) is 4.98 Å². The van der Waals surface area contributed by atoms with Gasteiger partial charge in [-0.25, -0.2) is 4.98 Å². The molecule has 0 aliphatic rings. The van der Waals surface area contributed by atoms with Gasteiger partial charge in [-0.2, -0.15) is 5.10 Å². The van der Waals surface area contributed by atoms with Crippen LogP contribution in [0, 0.1) is 0 Å². The Bertz CT molecular complexity index is 747. The molecular formula is C15H14F3N3O3S. The third-order valence-corrected chi connectivity index (χ3v) is 3.49. The zero-order valence-electron chi connectivity index (χ0n) is 13.0. The van der Waals surface area contributed by atoms with Crippen LogP contribution in [0.15, 0.2) is 34.7 Å². The molecule has 0 fully saturated rings. The number of alkyl halides is 3. The van der Waals surface area contributed by atoms with E-state index in [1.807, 2.05) is 0 Å². The van der Waals surface area contributed by atoms with Gasteiger partial charge in [-0.1, -0.05) is 12.1 Å². The van der Waals surface area contributed by atoms with Crippen LogP contribution in [-0.4, -0.2) is 30.1 Å². The van der Waals surface area contributed by atoms with Crippen molar-refractivity contribution in [1.29, 1.82) is 0 Å². The average molecular weight is 373 g/mol. The summed E-state index contributed by atoms with van der Waals surface area (Å²) in [6, 6.07) is 5.61. The van der Waals surface area contributed by atoms with E-state index >= 15 is 0 Å². The maximum Gasteiger partial charge on any atom is 0.573 e. The monoisotopic (exact) mass is 373 g/mol. The van der Waals surface area contributed by atoms with Crippen molar-refractivity contribution in [2.45, 2.75) is 19.7 Å². The highest BCUT2D eigenvalue weighted by molar-refractivity contribution is 7.13. The molecule has 0 atom stereocenters. The second kappa shape index (κ2) is 8.47. The van der Waals surface area contributed by atoms with Crippen LogP contribution in [0.5, 0.6) is 5.75 Å². The van der Waals surface area contributed by atoms with Gasteiger partial charge >= 0.3 is 12.3 Å². The Kier molecular flexibility index (Phi) is 6.34. The highest BCUT2D eigenvalue weighted by Crippen LogP contribution is 2.25. The first-order valence-electron chi connectivity index (χ1n) is 7.11. The maximum atomic E-state index is 12.3. The van der Waals surface area contributed by atoms with Crippen molar-refractivity contribution in [3.8, 4) is 5.75 Å². The Morgan fingerprint density at radius 3 is 2.88 bits per heavy atom. The van der Waals surface area contributed by atoms with Gasteiger partial charge in [-0.15, -0.1) is 24.5 Å². The summed E-state index contributed by atoms with van der Waals surface area (Å²) in [6.45, 7) is 2.00. The number of hydrogen-bond acceptors (Lipinski definition) is 7. The van der Waals surface area contributed by atoms with Gasteiger partial charge in [0.25, 0.3) is 0 Å². The number of rotatable bonds is 7. The second-order valence-corrected chi connectivity index (χ2v) is 5.44. The largest absolute Gasteiger partial charge is 0.573 e. The normalized spacial score (nSPS) is 11.5. The lowest BCUT2D eigenvalue weighted by atomic mass is 10.2. The lowest BCUT2D eigenvalue weighted by Crippen LogP contribution is -2.18. The van der Waals surface area contributed by atoms with Crippen LogP contribution in [-0.2, 0) is 16.0 Å². The van der Waals surface area contributed by atoms with Crippen LogP contribution in [0.25, 0.3) is 0 Å². The molecule has 2 rings (SSSR count). The highest BCUT2D eigenvalue weighted by atomic mass is 32.1. The fourth-order valence-corrected chi connectivity index (χ4v) is 2.42. The number of ether oxygens (including phenoxy) is 2. The molecule has 0 spiro atoms. The van der Waals surface area contributed by atoms with E-state index in [9.17, 15) is 18.0 Å². The van der Waals surface area contributed by atoms with Crippen molar-refractivity contribution in [2.24, 2.45) is 5.10 Å². The average Bonchev–Trinajstić information content (AvgIpc) is 2.95. The fourth-order valence-electron chi connectivity index (χ4n) is 1.76. The minimum absolute atomic E-state index is 0.0397. The molecule has 1 N–H and O–H groups in total. The predicted molar refractivity (Wildman–Crippen MR) is 86.8 cm³/mol. The molecule has 0 saturated carbocycles. The van der Waals surface area contributed by atoms with Crippen molar-refractivity contribution in [2.75, 3.05) is 12.0 Å². The van der Waals surface area contributed by atoms with E-state index in [0.29, 0.717) is 10.8 Å². The number of hydrogen-bond donors (Lipinski definition) is 1.